The van der Waals surface area contributed by atoms with Crippen LogP contribution >= 0.6 is 0 Å². The van der Waals surface area contributed by atoms with E-state index in [-0.39, 0.29) is 5.43 Å². The van der Waals surface area contributed by atoms with Gasteiger partial charge in [0.25, 0.3) is 0 Å². The lowest BCUT2D eigenvalue weighted by Crippen LogP contribution is -3.10. The summed E-state index contributed by atoms with van der Waals surface area (Å²) in [6.45, 7) is 12.3. The van der Waals surface area contributed by atoms with Crippen molar-refractivity contribution in [2.75, 3.05) is 19.7 Å². The molecule has 0 radical (unpaired) electrons. The Morgan fingerprint density at radius 2 is 1.80 bits per heavy atom. The van der Waals surface area contributed by atoms with Crippen LogP contribution in [0.15, 0.2) is 23.0 Å². The number of pyridine rings is 1. The molecule has 0 amide bonds. The van der Waals surface area contributed by atoms with Crippen molar-refractivity contribution in [2.24, 2.45) is 0 Å². The minimum absolute atomic E-state index is 0.150. The van der Waals surface area contributed by atoms with Gasteiger partial charge in [0, 0.05) is 16.6 Å². The van der Waals surface area contributed by atoms with Gasteiger partial charge < -0.3 is 14.6 Å². The minimum Gasteiger partial charge on any atom is -0.494 e. The van der Waals surface area contributed by atoms with Crippen molar-refractivity contribution in [1.29, 1.82) is 0 Å². The summed E-state index contributed by atoms with van der Waals surface area (Å²) < 4.78 is 5.78. The molecule has 0 saturated heterocycles. The Labute approximate surface area is 151 Å². The van der Waals surface area contributed by atoms with E-state index in [9.17, 15) is 4.79 Å². The lowest BCUT2D eigenvalue weighted by molar-refractivity contribution is -0.914. The van der Waals surface area contributed by atoms with Crippen LogP contribution in [0.3, 0.4) is 0 Å². The van der Waals surface area contributed by atoms with E-state index in [1.807, 2.05) is 25.1 Å². The predicted molar refractivity (Wildman–Crippen MR) is 105 cm³/mol. The van der Waals surface area contributed by atoms with Crippen molar-refractivity contribution < 1.29 is 9.64 Å². The molecule has 0 unspecified atom stereocenters. The maximum absolute atomic E-state index is 13.1. The average Bonchev–Trinajstić information content (AvgIpc) is 2.59. The van der Waals surface area contributed by atoms with Gasteiger partial charge in [-0.3, -0.25) is 4.79 Å². The van der Waals surface area contributed by atoms with Crippen LogP contribution in [0.25, 0.3) is 10.9 Å². The molecule has 25 heavy (non-hydrogen) atoms. The lowest BCUT2D eigenvalue weighted by atomic mass is 10.1. The van der Waals surface area contributed by atoms with Gasteiger partial charge in [0.2, 0.25) is 0 Å². The lowest BCUT2D eigenvalue weighted by Gasteiger charge is -2.19. The van der Waals surface area contributed by atoms with Gasteiger partial charge in [0.05, 0.1) is 25.3 Å². The van der Waals surface area contributed by atoms with Gasteiger partial charge in [0.1, 0.15) is 12.3 Å². The summed E-state index contributed by atoms with van der Waals surface area (Å²) in [6, 6.07) is 5.79. The molecule has 0 aliphatic carbocycles. The standard InChI is InChI=1S/C21H32N2O2/c1-5-8-13-25-17-9-10-20-18(14-17)21(24)19(16(4)22-20)15-23(11-6-2)12-7-3/h9-10,14H,5-8,11-13,15H2,1-4H3,(H,22,24)/p+1. The van der Waals surface area contributed by atoms with Gasteiger partial charge in [-0.05, 0) is 44.4 Å². The zero-order valence-electron chi connectivity index (χ0n) is 16.2. The van der Waals surface area contributed by atoms with E-state index in [1.165, 1.54) is 4.90 Å². The van der Waals surface area contributed by atoms with E-state index in [0.29, 0.717) is 6.61 Å². The number of aryl methyl sites for hydroxylation is 1. The van der Waals surface area contributed by atoms with E-state index in [0.717, 1.165) is 73.2 Å². The molecule has 0 saturated carbocycles. The first-order valence-corrected chi connectivity index (χ1v) is 9.72. The monoisotopic (exact) mass is 345 g/mol. The van der Waals surface area contributed by atoms with Crippen LogP contribution in [0.5, 0.6) is 5.75 Å². The van der Waals surface area contributed by atoms with Crippen LogP contribution in [0.1, 0.15) is 57.7 Å². The first-order valence-electron chi connectivity index (χ1n) is 9.72. The van der Waals surface area contributed by atoms with Crippen molar-refractivity contribution in [2.45, 2.75) is 59.9 Å². The van der Waals surface area contributed by atoms with Crippen molar-refractivity contribution in [3.05, 3.63) is 39.7 Å². The molecule has 0 aliphatic heterocycles. The summed E-state index contributed by atoms with van der Waals surface area (Å²) in [5.41, 5.74) is 2.94. The van der Waals surface area contributed by atoms with Crippen LogP contribution in [0.4, 0.5) is 0 Å². The normalized spacial score (nSPS) is 11.4. The van der Waals surface area contributed by atoms with Crippen molar-refractivity contribution >= 4 is 10.9 Å². The Morgan fingerprint density at radius 1 is 1.08 bits per heavy atom. The van der Waals surface area contributed by atoms with Gasteiger partial charge in [-0.2, -0.15) is 0 Å². The molecule has 0 fully saturated rings. The fourth-order valence-corrected chi connectivity index (χ4v) is 3.33. The number of H-pyrrole nitrogens is 1. The summed E-state index contributed by atoms with van der Waals surface area (Å²) in [5, 5.41) is 0.738. The quantitative estimate of drug-likeness (QED) is 0.650. The maximum Gasteiger partial charge on any atom is 0.198 e. The average molecular weight is 346 g/mol. The van der Waals surface area contributed by atoms with Crippen molar-refractivity contribution in [3.63, 3.8) is 0 Å². The first-order chi connectivity index (χ1) is 12.1. The minimum atomic E-state index is 0.150. The smallest absolute Gasteiger partial charge is 0.198 e. The molecule has 0 bridgehead atoms. The molecular formula is C21H33N2O2+. The van der Waals surface area contributed by atoms with E-state index >= 15 is 0 Å². The summed E-state index contributed by atoms with van der Waals surface area (Å²) in [5.74, 6) is 0.785. The summed E-state index contributed by atoms with van der Waals surface area (Å²) in [6.07, 6.45) is 4.40. The molecule has 0 spiro atoms. The Morgan fingerprint density at radius 3 is 2.44 bits per heavy atom. The topological polar surface area (TPSA) is 46.5 Å². The largest absolute Gasteiger partial charge is 0.494 e. The van der Waals surface area contributed by atoms with Crippen molar-refractivity contribution in [3.8, 4) is 5.75 Å². The third-order valence-electron chi connectivity index (χ3n) is 4.69. The van der Waals surface area contributed by atoms with Crippen molar-refractivity contribution in [1.82, 2.24) is 4.98 Å². The molecule has 2 rings (SSSR count). The van der Waals surface area contributed by atoms with Gasteiger partial charge in [0.15, 0.2) is 5.43 Å². The number of aromatic amines is 1. The van der Waals surface area contributed by atoms with E-state index < -0.39 is 0 Å². The van der Waals surface area contributed by atoms with Crippen LogP contribution in [0, 0.1) is 6.92 Å². The zero-order chi connectivity index (χ0) is 18.2. The van der Waals surface area contributed by atoms with E-state index in [4.69, 9.17) is 4.74 Å². The molecule has 138 valence electrons. The summed E-state index contributed by atoms with van der Waals surface area (Å²) in [7, 11) is 0. The molecule has 0 aliphatic rings. The molecule has 2 aromatic rings. The van der Waals surface area contributed by atoms with Gasteiger partial charge >= 0.3 is 0 Å². The molecule has 1 aromatic carbocycles. The second-order valence-corrected chi connectivity index (χ2v) is 6.89. The van der Waals surface area contributed by atoms with Crippen LogP contribution < -0.4 is 15.1 Å². The number of unbranched alkanes of at least 4 members (excludes halogenated alkanes) is 1. The number of fused-ring (bicyclic) bond motifs is 1. The number of ether oxygens (including phenoxy) is 1. The molecule has 4 nitrogen and oxygen atoms in total. The van der Waals surface area contributed by atoms with Crippen LogP contribution in [-0.4, -0.2) is 24.7 Å². The Hall–Kier alpha value is -1.81. The highest BCUT2D eigenvalue weighted by atomic mass is 16.5. The number of hydrogen-bond donors (Lipinski definition) is 2. The molecule has 1 heterocycles. The number of quaternary nitrogens is 1. The maximum atomic E-state index is 13.1. The number of hydrogen-bond acceptors (Lipinski definition) is 2. The third kappa shape index (κ3) is 5.08. The highest BCUT2D eigenvalue weighted by Gasteiger charge is 2.16. The SMILES string of the molecule is CCCCOc1ccc2[nH]c(C)c(C[NH+](CCC)CCC)c(=O)c2c1. The highest BCUT2D eigenvalue weighted by molar-refractivity contribution is 5.81. The van der Waals surface area contributed by atoms with Crippen LogP contribution in [0.2, 0.25) is 0 Å². The van der Waals surface area contributed by atoms with E-state index in [1.54, 1.807) is 0 Å². The number of nitrogens with one attached hydrogen (secondary N) is 2. The number of rotatable bonds is 10. The number of aromatic nitrogens is 1. The Bertz CT molecular complexity index is 730. The summed E-state index contributed by atoms with van der Waals surface area (Å²) >= 11 is 0. The Kier molecular flexibility index (Phi) is 7.51. The zero-order valence-corrected chi connectivity index (χ0v) is 16.2. The molecule has 4 heteroatoms. The first kappa shape index (κ1) is 19.5. The van der Waals surface area contributed by atoms with Gasteiger partial charge in [-0.25, -0.2) is 0 Å². The summed E-state index contributed by atoms with van der Waals surface area (Å²) in [4.78, 5) is 18.0. The van der Waals surface area contributed by atoms with Crippen LogP contribution in [-0.2, 0) is 6.54 Å². The fraction of sp³-hybridized carbons (Fsp3) is 0.571. The molecular weight excluding hydrogens is 312 g/mol. The molecule has 1 aromatic heterocycles. The molecule has 0 atom stereocenters. The third-order valence-corrected chi connectivity index (χ3v) is 4.69. The fourth-order valence-electron chi connectivity index (χ4n) is 3.33. The van der Waals surface area contributed by atoms with E-state index in [2.05, 4.69) is 25.8 Å². The van der Waals surface area contributed by atoms with Gasteiger partial charge in [-0.1, -0.05) is 27.2 Å². The Balaban J connectivity index is 2.34. The second kappa shape index (κ2) is 9.62. The number of benzene rings is 1. The van der Waals surface area contributed by atoms with Gasteiger partial charge in [-0.15, -0.1) is 0 Å². The molecule has 2 N–H and O–H groups in total. The second-order valence-electron chi connectivity index (χ2n) is 6.89. The predicted octanol–water partition coefficient (Wildman–Crippen LogP) is 3.22. The highest BCUT2D eigenvalue weighted by Crippen LogP contribution is 2.18.